The van der Waals surface area contributed by atoms with E-state index in [1.54, 1.807) is 7.05 Å². The molecule has 0 aliphatic carbocycles. The predicted molar refractivity (Wildman–Crippen MR) is 78.2 cm³/mol. The molecular weight excluding hydrogens is 254 g/mol. The first-order valence-electron chi connectivity index (χ1n) is 7.89. The molecule has 3 atom stereocenters. The maximum absolute atomic E-state index is 12.6. The highest BCUT2D eigenvalue weighted by atomic mass is 16.2. The number of piperidine rings is 2. The van der Waals surface area contributed by atoms with Gasteiger partial charge in [0.15, 0.2) is 0 Å². The van der Waals surface area contributed by atoms with Gasteiger partial charge in [-0.2, -0.15) is 0 Å². The molecule has 2 heterocycles. The van der Waals surface area contributed by atoms with Crippen LogP contribution in [-0.4, -0.2) is 49.4 Å². The van der Waals surface area contributed by atoms with Crippen molar-refractivity contribution < 1.29 is 9.59 Å². The Balaban J connectivity index is 1.92. The summed E-state index contributed by atoms with van der Waals surface area (Å²) >= 11 is 0. The number of nitrogens with one attached hydrogen (secondary N) is 2. The van der Waals surface area contributed by atoms with Crippen molar-refractivity contribution in [3.63, 3.8) is 0 Å². The van der Waals surface area contributed by atoms with Crippen molar-refractivity contribution in [3.05, 3.63) is 0 Å². The van der Waals surface area contributed by atoms with Gasteiger partial charge in [0, 0.05) is 20.1 Å². The Kier molecular flexibility index (Phi) is 5.40. The molecule has 0 radical (unpaired) electrons. The van der Waals surface area contributed by atoms with Crippen LogP contribution in [0.2, 0.25) is 0 Å². The van der Waals surface area contributed by atoms with Crippen LogP contribution in [0, 0.1) is 11.8 Å². The maximum Gasteiger partial charge on any atom is 0.239 e. The van der Waals surface area contributed by atoms with Gasteiger partial charge in [0.25, 0.3) is 0 Å². The Morgan fingerprint density at radius 3 is 2.85 bits per heavy atom. The van der Waals surface area contributed by atoms with Gasteiger partial charge in [-0.3, -0.25) is 9.59 Å². The van der Waals surface area contributed by atoms with Crippen LogP contribution in [0.4, 0.5) is 0 Å². The third kappa shape index (κ3) is 3.51. The molecule has 3 unspecified atom stereocenters. The van der Waals surface area contributed by atoms with Gasteiger partial charge in [-0.15, -0.1) is 0 Å². The van der Waals surface area contributed by atoms with Gasteiger partial charge in [0.2, 0.25) is 11.8 Å². The van der Waals surface area contributed by atoms with Gasteiger partial charge >= 0.3 is 0 Å². The molecule has 0 aromatic carbocycles. The smallest absolute Gasteiger partial charge is 0.239 e. The summed E-state index contributed by atoms with van der Waals surface area (Å²) in [6.07, 6.45) is 5.07. The molecule has 0 saturated carbocycles. The molecule has 2 aliphatic rings. The van der Waals surface area contributed by atoms with Crippen LogP contribution >= 0.6 is 0 Å². The van der Waals surface area contributed by atoms with Crippen LogP contribution in [-0.2, 0) is 9.59 Å². The zero-order valence-corrected chi connectivity index (χ0v) is 12.7. The number of carbonyl (C=O) groups excluding carboxylic acids is 2. The molecule has 0 aromatic rings. The SMILES string of the molecule is CCC1CCNC(C(=O)N2CCCC(C(=O)NC)C2)C1. The number of amides is 2. The van der Waals surface area contributed by atoms with Crippen molar-refractivity contribution in [2.24, 2.45) is 11.8 Å². The highest BCUT2D eigenvalue weighted by molar-refractivity contribution is 5.84. The van der Waals surface area contributed by atoms with Crippen molar-refractivity contribution in [1.82, 2.24) is 15.5 Å². The number of hydrogen-bond acceptors (Lipinski definition) is 3. The Labute approximate surface area is 121 Å². The molecule has 2 aliphatic heterocycles. The first kappa shape index (κ1) is 15.3. The van der Waals surface area contributed by atoms with E-state index in [-0.39, 0.29) is 23.8 Å². The molecule has 5 heteroatoms. The fourth-order valence-corrected chi connectivity index (χ4v) is 3.37. The third-order valence-corrected chi connectivity index (χ3v) is 4.74. The molecule has 5 nitrogen and oxygen atoms in total. The summed E-state index contributed by atoms with van der Waals surface area (Å²) in [6, 6.07) is -0.0443. The minimum Gasteiger partial charge on any atom is -0.359 e. The van der Waals surface area contributed by atoms with Gasteiger partial charge in [0.1, 0.15) is 0 Å². The summed E-state index contributed by atoms with van der Waals surface area (Å²) in [5.74, 6) is 0.871. The normalized spacial score (nSPS) is 30.9. The summed E-state index contributed by atoms with van der Waals surface area (Å²) < 4.78 is 0. The largest absolute Gasteiger partial charge is 0.359 e. The summed E-state index contributed by atoms with van der Waals surface area (Å²) in [7, 11) is 1.66. The Morgan fingerprint density at radius 2 is 2.15 bits per heavy atom. The van der Waals surface area contributed by atoms with Crippen molar-refractivity contribution in [1.29, 1.82) is 0 Å². The number of nitrogens with zero attached hydrogens (tertiary/aromatic N) is 1. The monoisotopic (exact) mass is 281 g/mol. The minimum absolute atomic E-state index is 0.0386. The van der Waals surface area contributed by atoms with E-state index >= 15 is 0 Å². The van der Waals surface area contributed by atoms with Crippen LogP contribution < -0.4 is 10.6 Å². The minimum atomic E-state index is -0.0443. The number of carbonyl (C=O) groups is 2. The first-order valence-corrected chi connectivity index (χ1v) is 7.89. The number of hydrogen-bond donors (Lipinski definition) is 2. The lowest BCUT2D eigenvalue weighted by atomic mass is 9.89. The number of likely N-dealkylation sites (tertiary alicyclic amines) is 1. The Morgan fingerprint density at radius 1 is 1.35 bits per heavy atom. The molecule has 2 rings (SSSR count). The van der Waals surface area contributed by atoms with E-state index in [2.05, 4.69) is 17.6 Å². The quantitative estimate of drug-likeness (QED) is 0.802. The average molecular weight is 281 g/mol. The highest BCUT2D eigenvalue weighted by Gasteiger charge is 2.33. The first-order chi connectivity index (χ1) is 9.65. The highest BCUT2D eigenvalue weighted by Crippen LogP contribution is 2.23. The number of rotatable bonds is 3. The molecule has 20 heavy (non-hydrogen) atoms. The van der Waals surface area contributed by atoms with Gasteiger partial charge in [-0.05, 0) is 38.1 Å². The van der Waals surface area contributed by atoms with Gasteiger partial charge in [0.05, 0.1) is 12.0 Å². The lowest BCUT2D eigenvalue weighted by Crippen LogP contribution is -2.53. The molecule has 2 amide bonds. The Bertz CT molecular complexity index is 359. The van der Waals surface area contributed by atoms with E-state index in [1.165, 1.54) is 6.42 Å². The summed E-state index contributed by atoms with van der Waals surface area (Å²) in [6.45, 7) is 4.50. The lowest BCUT2D eigenvalue weighted by Gasteiger charge is -2.37. The fourth-order valence-electron chi connectivity index (χ4n) is 3.37. The average Bonchev–Trinajstić information content (AvgIpc) is 2.53. The van der Waals surface area contributed by atoms with E-state index in [1.807, 2.05) is 4.90 Å². The standard InChI is InChI=1S/C15H27N3O2/c1-3-11-6-7-17-13(9-11)15(20)18-8-4-5-12(10-18)14(19)16-2/h11-13,17H,3-10H2,1-2H3,(H,16,19). The zero-order chi connectivity index (χ0) is 14.5. The zero-order valence-electron chi connectivity index (χ0n) is 12.7. The van der Waals surface area contributed by atoms with E-state index in [4.69, 9.17) is 0 Å². The molecule has 2 fully saturated rings. The second-order valence-electron chi connectivity index (χ2n) is 6.04. The van der Waals surface area contributed by atoms with Crippen molar-refractivity contribution in [2.45, 2.75) is 45.1 Å². The van der Waals surface area contributed by atoms with Crippen LogP contribution in [0.25, 0.3) is 0 Å². The summed E-state index contributed by atoms with van der Waals surface area (Å²) in [4.78, 5) is 26.2. The lowest BCUT2D eigenvalue weighted by molar-refractivity contribution is -0.138. The summed E-state index contributed by atoms with van der Waals surface area (Å²) in [5.41, 5.74) is 0. The third-order valence-electron chi connectivity index (χ3n) is 4.74. The van der Waals surface area contributed by atoms with Crippen LogP contribution in [0.15, 0.2) is 0 Å². The van der Waals surface area contributed by atoms with Crippen molar-refractivity contribution >= 4 is 11.8 Å². The second-order valence-corrected chi connectivity index (χ2v) is 6.04. The van der Waals surface area contributed by atoms with E-state index in [0.29, 0.717) is 12.5 Å². The topological polar surface area (TPSA) is 61.4 Å². The Hall–Kier alpha value is -1.10. The maximum atomic E-state index is 12.6. The molecule has 0 spiro atoms. The predicted octanol–water partition coefficient (Wildman–Crippen LogP) is 0.749. The van der Waals surface area contributed by atoms with Crippen LogP contribution in [0.5, 0.6) is 0 Å². The van der Waals surface area contributed by atoms with E-state index in [9.17, 15) is 9.59 Å². The van der Waals surface area contributed by atoms with E-state index < -0.39 is 0 Å². The molecule has 114 valence electrons. The molecule has 0 aromatic heterocycles. The van der Waals surface area contributed by atoms with Gasteiger partial charge in [-0.1, -0.05) is 13.3 Å². The molecular formula is C15H27N3O2. The van der Waals surface area contributed by atoms with Crippen LogP contribution in [0.1, 0.15) is 39.0 Å². The van der Waals surface area contributed by atoms with E-state index in [0.717, 1.165) is 38.8 Å². The van der Waals surface area contributed by atoms with Crippen LogP contribution in [0.3, 0.4) is 0 Å². The second kappa shape index (κ2) is 7.07. The summed E-state index contributed by atoms with van der Waals surface area (Å²) in [5, 5.41) is 6.04. The van der Waals surface area contributed by atoms with Gasteiger partial charge in [-0.25, -0.2) is 0 Å². The molecule has 2 saturated heterocycles. The van der Waals surface area contributed by atoms with Crippen molar-refractivity contribution in [2.75, 3.05) is 26.7 Å². The fraction of sp³-hybridized carbons (Fsp3) is 0.867. The molecule has 2 N–H and O–H groups in total. The van der Waals surface area contributed by atoms with Gasteiger partial charge < -0.3 is 15.5 Å². The molecule has 0 bridgehead atoms. The van der Waals surface area contributed by atoms with Crippen molar-refractivity contribution in [3.8, 4) is 0 Å².